The fourth-order valence-corrected chi connectivity index (χ4v) is 3.95. The van der Waals surface area contributed by atoms with Crippen LogP contribution >= 0.6 is 11.8 Å². The van der Waals surface area contributed by atoms with Crippen LogP contribution in [0.15, 0.2) is 53.5 Å². The van der Waals surface area contributed by atoms with E-state index in [0.717, 1.165) is 23.9 Å². The number of halogens is 4. The number of rotatable bonds is 4. The van der Waals surface area contributed by atoms with Gasteiger partial charge >= 0.3 is 6.18 Å². The first-order valence-electron chi connectivity index (χ1n) is 8.86. The number of thioether (sulfide) groups is 1. The summed E-state index contributed by atoms with van der Waals surface area (Å²) in [6, 6.07) is 9.89. The van der Waals surface area contributed by atoms with Crippen molar-refractivity contribution in [3.63, 3.8) is 0 Å². The maximum absolute atomic E-state index is 13.2. The van der Waals surface area contributed by atoms with Gasteiger partial charge in [0.2, 0.25) is 11.8 Å². The molecule has 1 N–H and O–H groups in total. The lowest BCUT2D eigenvalue weighted by Gasteiger charge is -2.31. The van der Waals surface area contributed by atoms with Crippen molar-refractivity contribution < 1.29 is 27.2 Å². The minimum absolute atomic E-state index is 0.00166. The molecule has 1 atom stereocenters. The molecule has 0 aromatic heterocycles. The van der Waals surface area contributed by atoms with Crippen LogP contribution in [-0.4, -0.2) is 34.2 Å². The SMILES string of the molecule is CNC(=O)[C@H]1CC(=O)N(Cc2ccc(F)cc2)C(=Nc2cccc(C(F)(F)F)c2)S1. The summed E-state index contributed by atoms with van der Waals surface area (Å²) >= 11 is 0.994. The van der Waals surface area contributed by atoms with E-state index in [1.54, 1.807) is 0 Å². The maximum atomic E-state index is 13.2. The molecule has 0 bridgehead atoms. The third-order valence-corrected chi connectivity index (χ3v) is 5.52. The number of amidine groups is 1. The number of nitrogens with zero attached hydrogens (tertiary/aromatic N) is 2. The van der Waals surface area contributed by atoms with Crippen molar-refractivity contribution in [1.29, 1.82) is 0 Å². The van der Waals surface area contributed by atoms with Crippen LogP contribution in [0.25, 0.3) is 0 Å². The molecule has 2 aromatic carbocycles. The molecule has 0 unspecified atom stereocenters. The van der Waals surface area contributed by atoms with Gasteiger partial charge in [-0.3, -0.25) is 14.5 Å². The van der Waals surface area contributed by atoms with Gasteiger partial charge in [-0.2, -0.15) is 13.2 Å². The summed E-state index contributed by atoms with van der Waals surface area (Å²) in [6.45, 7) is 0.0460. The van der Waals surface area contributed by atoms with Crippen LogP contribution in [0.4, 0.5) is 23.2 Å². The van der Waals surface area contributed by atoms with Gasteiger partial charge in [0.05, 0.1) is 23.0 Å². The summed E-state index contributed by atoms with van der Waals surface area (Å²) in [5, 5.41) is 1.81. The van der Waals surface area contributed by atoms with Crippen LogP contribution in [0.5, 0.6) is 0 Å². The third-order valence-electron chi connectivity index (χ3n) is 4.33. The topological polar surface area (TPSA) is 61.8 Å². The van der Waals surface area contributed by atoms with Gasteiger partial charge in [-0.25, -0.2) is 9.38 Å². The quantitative estimate of drug-likeness (QED) is 0.730. The zero-order valence-corrected chi connectivity index (χ0v) is 16.6. The van der Waals surface area contributed by atoms with Gasteiger partial charge in [-0.05, 0) is 35.9 Å². The average molecular weight is 439 g/mol. The number of hydrogen-bond donors (Lipinski definition) is 1. The van der Waals surface area contributed by atoms with Crippen LogP contribution in [-0.2, 0) is 22.3 Å². The van der Waals surface area contributed by atoms with E-state index >= 15 is 0 Å². The molecular formula is C20H17F4N3O2S. The highest BCUT2D eigenvalue weighted by molar-refractivity contribution is 8.15. The van der Waals surface area contributed by atoms with Crippen molar-refractivity contribution >= 4 is 34.4 Å². The van der Waals surface area contributed by atoms with Gasteiger partial charge in [0, 0.05) is 13.5 Å². The number of nitrogens with one attached hydrogen (secondary N) is 1. The molecule has 1 fully saturated rings. The van der Waals surface area contributed by atoms with E-state index in [4.69, 9.17) is 0 Å². The summed E-state index contributed by atoms with van der Waals surface area (Å²) < 4.78 is 52.2. The molecule has 0 aliphatic carbocycles. The minimum Gasteiger partial charge on any atom is -0.358 e. The zero-order chi connectivity index (χ0) is 21.9. The van der Waals surface area contributed by atoms with Crippen molar-refractivity contribution in [2.45, 2.75) is 24.4 Å². The first-order chi connectivity index (χ1) is 14.2. The molecule has 1 heterocycles. The monoisotopic (exact) mass is 439 g/mol. The Morgan fingerprint density at radius 2 is 1.93 bits per heavy atom. The highest BCUT2D eigenvalue weighted by Crippen LogP contribution is 2.34. The Morgan fingerprint density at radius 3 is 2.57 bits per heavy atom. The molecule has 1 aliphatic rings. The van der Waals surface area contributed by atoms with Gasteiger partial charge in [-0.15, -0.1) is 0 Å². The smallest absolute Gasteiger partial charge is 0.358 e. The molecule has 2 amide bonds. The van der Waals surface area contributed by atoms with Crippen molar-refractivity contribution in [1.82, 2.24) is 10.2 Å². The van der Waals surface area contributed by atoms with Gasteiger partial charge in [0.25, 0.3) is 0 Å². The van der Waals surface area contributed by atoms with Crippen LogP contribution in [0, 0.1) is 5.82 Å². The van der Waals surface area contributed by atoms with E-state index in [9.17, 15) is 27.2 Å². The molecule has 0 spiro atoms. The van der Waals surface area contributed by atoms with Crippen LogP contribution < -0.4 is 5.32 Å². The van der Waals surface area contributed by atoms with Crippen molar-refractivity contribution in [3.8, 4) is 0 Å². The van der Waals surface area contributed by atoms with Gasteiger partial charge in [0.15, 0.2) is 5.17 Å². The van der Waals surface area contributed by atoms with E-state index in [1.165, 1.54) is 48.3 Å². The molecule has 1 aliphatic heterocycles. The second kappa shape index (κ2) is 8.86. The fourth-order valence-electron chi connectivity index (χ4n) is 2.79. The Labute approximate surface area is 174 Å². The normalized spacial score (nSPS) is 18.6. The zero-order valence-electron chi connectivity index (χ0n) is 15.7. The molecule has 30 heavy (non-hydrogen) atoms. The molecule has 3 rings (SSSR count). The highest BCUT2D eigenvalue weighted by Gasteiger charge is 2.36. The van der Waals surface area contributed by atoms with E-state index in [0.29, 0.717) is 5.56 Å². The van der Waals surface area contributed by atoms with Gasteiger partial charge in [-0.1, -0.05) is 30.0 Å². The predicted molar refractivity (Wildman–Crippen MR) is 106 cm³/mol. The van der Waals surface area contributed by atoms with Crippen LogP contribution in [0.3, 0.4) is 0 Å². The summed E-state index contributed by atoms with van der Waals surface area (Å²) in [5.74, 6) is -1.22. The van der Waals surface area contributed by atoms with E-state index in [2.05, 4.69) is 10.3 Å². The first-order valence-corrected chi connectivity index (χ1v) is 9.74. The lowest BCUT2D eigenvalue weighted by atomic mass is 10.2. The second-order valence-electron chi connectivity index (χ2n) is 6.47. The van der Waals surface area contributed by atoms with E-state index in [1.807, 2.05) is 0 Å². The number of aliphatic imine (C=N–C) groups is 1. The molecule has 5 nitrogen and oxygen atoms in total. The Bertz CT molecular complexity index is 977. The van der Waals surface area contributed by atoms with E-state index < -0.39 is 28.7 Å². The van der Waals surface area contributed by atoms with Crippen LogP contribution in [0.1, 0.15) is 17.5 Å². The van der Waals surface area contributed by atoms with Gasteiger partial charge < -0.3 is 5.32 Å². The van der Waals surface area contributed by atoms with E-state index in [-0.39, 0.29) is 29.7 Å². The Balaban J connectivity index is 1.97. The number of benzene rings is 2. The third kappa shape index (κ3) is 5.18. The number of amides is 2. The number of carbonyl (C=O) groups excluding carboxylic acids is 2. The lowest BCUT2D eigenvalue weighted by molar-refractivity contribution is -0.137. The second-order valence-corrected chi connectivity index (χ2v) is 7.64. The summed E-state index contributed by atoms with van der Waals surface area (Å²) in [7, 11) is 1.43. The summed E-state index contributed by atoms with van der Waals surface area (Å²) in [6.07, 6.45) is -4.63. The Morgan fingerprint density at radius 1 is 1.23 bits per heavy atom. The lowest BCUT2D eigenvalue weighted by Crippen LogP contribution is -2.45. The van der Waals surface area contributed by atoms with Crippen molar-refractivity contribution in [2.24, 2.45) is 4.99 Å². The van der Waals surface area contributed by atoms with Crippen molar-refractivity contribution in [3.05, 3.63) is 65.5 Å². The number of alkyl halides is 3. The molecule has 10 heteroatoms. The Hall–Kier alpha value is -2.88. The largest absolute Gasteiger partial charge is 0.416 e. The summed E-state index contributed by atoms with van der Waals surface area (Å²) in [4.78, 5) is 30.3. The average Bonchev–Trinajstić information content (AvgIpc) is 2.70. The fraction of sp³-hybridized carbons (Fsp3) is 0.250. The first kappa shape index (κ1) is 21.8. The molecule has 0 radical (unpaired) electrons. The van der Waals surface area contributed by atoms with Crippen LogP contribution in [0.2, 0.25) is 0 Å². The highest BCUT2D eigenvalue weighted by atomic mass is 32.2. The molecule has 2 aromatic rings. The Kier molecular flexibility index (Phi) is 6.45. The molecular weight excluding hydrogens is 422 g/mol. The van der Waals surface area contributed by atoms with Gasteiger partial charge in [0.1, 0.15) is 5.82 Å². The standard InChI is InChI=1S/C20H17F4N3O2S/c1-25-18(29)16-10-17(28)27(11-12-5-7-14(21)8-6-12)19(30-16)26-15-4-2-3-13(9-15)20(22,23)24/h2-9,16H,10-11H2,1H3,(H,25,29)/t16-/m1/s1. The molecule has 158 valence electrons. The predicted octanol–water partition coefficient (Wildman–Crippen LogP) is 4.11. The number of hydrogen-bond acceptors (Lipinski definition) is 4. The van der Waals surface area contributed by atoms with Crippen molar-refractivity contribution in [2.75, 3.05) is 7.05 Å². The summed E-state index contributed by atoms with van der Waals surface area (Å²) in [5.41, 5.74) is -0.258. The molecule has 0 saturated carbocycles. The maximum Gasteiger partial charge on any atom is 0.416 e. The molecule has 1 saturated heterocycles. The number of carbonyl (C=O) groups is 2. The minimum atomic E-state index is -4.54.